The van der Waals surface area contributed by atoms with Crippen LogP contribution >= 0.6 is 11.6 Å². The van der Waals surface area contributed by atoms with Crippen LogP contribution in [0.25, 0.3) is 22.2 Å². The molecule has 184 valence electrons. The second-order valence-electron chi connectivity index (χ2n) is 9.40. The molecule has 0 spiro atoms. The number of nitrogens with zero attached hydrogens (tertiary/aromatic N) is 3. The lowest BCUT2D eigenvalue weighted by Crippen LogP contribution is -2.38. The maximum Gasteiger partial charge on any atom is 0.303 e. The molecule has 2 heterocycles. The maximum atomic E-state index is 13.3. The standard InChI is InChI=1S/C28H27ClN4O3/c29-22-13-21-16-31-33(17-19-8-11-25(30-15-19)20-4-2-1-3-5-20)27(21)24(14-22)28(36)32-23-9-6-18(7-10-23)12-26(34)35/h1-5,8,11,13-16,18,23H,6-7,9-10,12,17H2,(H,32,36)(H,34,35). The fourth-order valence-electron chi connectivity index (χ4n) is 4.98. The molecule has 2 aromatic carbocycles. The summed E-state index contributed by atoms with van der Waals surface area (Å²) in [6.45, 7) is 0.466. The summed E-state index contributed by atoms with van der Waals surface area (Å²) in [5.74, 6) is -0.776. The molecule has 1 aliphatic carbocycles. The van der Waals surface area contributed by atoms with E-state index in [0.29, 0.717) is 17.1 Å². The van der Waals surface area contributed by atoms with E-state index in [4.69, 9.17) is 16.7 Å². The van der Waals surface area contributed by atoms with Crippen molar-refractivity contribution in [2.45, 2.75) is 44.7 Å². The SMILES string of the molecule is O=C(O)CC1CCC(NC(=O)c2cc(Cl)cc3cnn(Cc4ccc(-c5ccccc5)nc4)c23)CC1. The number of nitrogens with one attached hydrogen (secondary N) is 1. The molecule has 0 bridgehead atoms. The Morgan fingerprint density at radius 3 is 2.50 bits per heavy atom. The minimum absolute atomic E-state index is 0.0164. The number of benzene rings is 2. The van der Waals surface area contributed by atoms with Crippen molar-refractivity contribution in [1.82, 2.24) is 20.1 Å². The number of amides is 1. The average molecular weight is 503 g/mol. The molecule has 7 nitrogen and oxygen atoms in total. The minimum atomic E-state index is -0.762. The van der Waals surface area contributed by atoms with Crippen LogP contribution < -0.4 is 5.32 Å². The van der Waals surface area contributed by atoms with Gasteiger partial charge in [-0.3, -0.25) is 19.3 Å². The van der Waals surface area contributed by atoms with Gasteiger partial charge in [-0.2, -0.15) is 5.10 Å². The number of fused-ring (bicyclic) bond motifs is 1. The molecule has 5 rings (SSSR count). The summed E-state index contributed by atoms with van der Waals surface area (Å²) in [7, 11) is 0. The van der Waals surface area contributed by atoms with E-state index in [-0.39, 0.29) is 24.3 Å². The Bertz CT molecular complexity index is 1380. The Labute approximate surface area is 214 Å². The van der Waals surface area contributed by atoms with E-state index in [1.807, 2.05) is 59.4 Å². The number of carboxylic acid groups (broad SMARTS) is 1. The summed E-state index contributed by atoms with van der Waals surface area (Å²) >= 11 is 6.34. The molecule has 1 aliphatic rings. The zero-order valence-corrected chi connectivity index (χ0v) is 20.5. The van der Waals surface area contributed by atoms with Gasteiger partial charge in [-0.05, 0) is 55.4 Å². The fraction of sp³-hybridized carbons (Fsp3) is 0.286. The number of carbonyl (C=O) groups excluding carboxylic acids is 1. The molecule has 0 radical (unpaired) electrons. The van der Waals surface area contributed by atoms with E-state index in [1.165, 1.54) is 0 Å². The van der Waals surface area contributed by atoms with Gasteiger partial charge in [0.25, 0.3) is 5.91 Å². The lowest BCUT2D eigenvalue weighted by molar-refractivity contribution is -0.138. The van der Waals surface area contributed by atoms with Crippen molar-refractivity contribution in [3.63, 3.8) is 0 Å². The maximum absolute atomic E-state index is 13.3. The van der Waals surface area contributed by atoms with Gasteiger partial charge in [0.05, 0.1) is 29.5 Å². The molecule has 2 N–H and O–H groups in total. The Hall–Kier alpha value is -3.71. The van der Waals surface area contributed by atoms with Gasteiger partial charge in [0.2, 0.25) is 0 Å². The monoisotopic (exact) mass is 502 g/mol. The number of aliphatic carboxylic acids is 1. The van der Waals surface area contributed by atoms with E-state index >= 15 is 0 Å². The van der Waals surface area contributed by atoms with E-state index in [0.717, 1.165) is 53.4 Å². The Kier molecular flexibility index (Phi) is 7.00. The van der Waals surface area contributed by atoms with Crippen LogP contribution in [-0.2, 0) is 11.3 Å². The van der Waals surface area contributed by atoms with Gasteiger partial charge in [0.1, 0.15) is 0 Å². The summed E-state index contributed by atoms with van der Waals surface area (Å²) in [6, 6.07) is 17.5. The molecule has 1 fully saturated rings. The van der Waals surface area contributed by atoms with Crippen LogP contribution in [0.2, 0.25) is 5.02 Å². The van der Waals surface area contributed by atoms with E-state index in [1.54, 1.807) is 12.3 Å². The topological polar surface area (TPSA) is 97.1 Å². The van der Waals surface area contributed by atoms with Crippen LogP contribution in [0.15, 0.2) is 67.0 Å². The summed E-state index contributed by atoms with van der Waals surface area (Å²) in [6.07, 6.45) is 6.88. The molecule has 0 atom stereocenters. The van der Waals surface area contributed by atoms with Crippen LogP contribution in [0.1, 0.15) is 48.0 Å². The molecule has 0 unspecified atom stereocenters. The lowest BCUT2D eigenvalue weighted by atomic mass is 9.84. The highest BCUT2D eigenvalue weighted by molar-refractivity contribution is 6.32. The van der Waals surface area contributed by atoms with Crippen LogP contribution in [0.5, 0.6) is 0 Å². The van der Waals surface area contributed by atoms with Crippen molar-refractivity contribution in [2.75, 3.05) is 0 Å². The molecular formula is C28H27ClN4O3. The number of carbonyl (C=O) groups is 2. The molecular weight excluding hydrogens is 476 g/mol. The Balaban J connectivity index is 1.34. The predicted molar refractivity (Wildman–Crippen MR) is 139 cm³/mol. The highest BCUT2D eigenvalue weighted by Crippen LogP contribution is 2.29. The van der Waals surface area contributed by atoms with Crippen LogP contribution in [0.3, 0.4) is 0 Å². The van der Waals surface area contributed by atoms with Crippen molar-refractivity contribution in [1.29, 1.82) is 0 Å². The second kappa shape index (κ2) is 10.5. The van der Waals surface area contributed by atoms with Crippen molar-refractivity contribution in [3.8, 4) is 11.3 Å². The van der Waals surface area contributed by atoms with Crippen LogP contribution in [0.4, 0.5) is 0 Å². The summed E-state index contributed by atoms with van der Waals surface area (Å²) < 4.78 is 1.81. The fourth-order valence-corrected chi connectivity index (χ4v) is 5.21. The van der Waals surface area contributed by atoms with Crippen molar-refractivity contribution in [3.05, 3.63) is 83.1 Å². The molecule has 8 heteroatoms. The van der Waals surface area contributed by atoms with Gasteiger partial charge in [-0.15, -0.1) is 0 Å². The number of pyridine rings is 1. The number of halogens is 1. The third kappa shape index (κ3) is 5.41. The smallest absolute Gasteiger partial charge is 0.303 e. The molecule has 1 saturated carbocycles. The highest BCUT2D eigenvalue weighted by Gasteiger charge is 2.25. The third-order valence-corrected chi connectivity index (χ3v) is 7.03. The van der Waals surface area contributed by atoms with E-state index < -0.39 is 5.97 Å². The number of hydrogen-bond acceptors (Lipinski definition) is 4. The van der Waals surface area contributed by atoms with Crippen LogP contribution in [0, 0.1) is 5.92 Å². The first-order chi connectivity index (χ1) is 17.5. The number of carboxylic acids is 1. The zero-order chi connectivity index (χ0) is 25.1. The van der Waals surface area contributed by atoms with Crippen molar-refractivity contribution >= 4 is 34.4 Å². The Morgan fingerprint density at radius 2 is 1.81 bits per heavy atom. The van der Waals surface area contributed by atoms with Gasteiger partial charge in [0.15, 0.2) is 0 Å². The zero-order valence-electron chi connectivity index (χ0n) is 19.7. The first kappa shape index (κ1) is 24.0. The molecule has 1 amide bonds. The average Bonchev–Trinajstić information content (AvgIpc) is 3.27. The second-order valence-corrected chi connectivity index (χ2v) is 9.84. The van der Waals surface area contributed by atoms with Crippen LogP contribution in [-0.4, -0.2) is 37.8 Å². The Morgan fingerprint density at radius 1 is 1.03 bits per heavy atom. The van der Waals surface area contributed by atoms with Gasteiger partial charge >= 0.3 is 5.97 Å². The van der Waals surface area contributed by atoms with Gasteiger partial charge < -0.3 is 10.4 Å². The summed E-state index contributed by atoms with van der Waals surface area (Å²) in [4.78, 5) is 28.9. The minimum Gasteiger partial charge on any atom is -0.481 e. The van der Waals surface area contributed by atoms with Gasteiger partial charge in [-0.1, -0.05) is 48.0 Å². The van der Waals surface area contributed by atoms with Crippen molar-refractivity contribution in [2.24, 2.45) is 5.92 Å². The lowest BCUT2D eigenvalue weighted by Gasteiger charge is -2.28. The number of hydrogen-bond donors (Lipinski definition) is 2. The van der Waals surface area contributed by atoms with Gasteiger partial charge in [-0.25, -0.2) is 0 Å². The number of aromatic nitrogens is 3. The quantitative estimate of drug-likeness (QED) is 0.344. The highest BCUT2D eigenvalue weighted by atomic mass is 35.5. The molecule has 0 saturated heterocycles. The first-order valence-electron chi connectivity index (χ1n) is 12.1. The van der Waals surface area contributed by atoms with Gasteiger partial charge in [0, 0.05) is 34.6 Å². The number of rotatable bonds is 7. The summed E-state index contributed by atoms with van der Waals surface area (Å²) in [5.41, 5.74) is 4.13. The molecule has 0 aliphatic heterocycles. The molecule has 36 heavy (non-hydrogen) atoms. The normalized spacial score (nSPS) is 17.7. The van der Waals surface area contributed by atoms with E-state index in [2.05, 4.69) is 15.4 Å². The molecule has 2 aromatic heterocycles. The summed E-state index contributed by atoms with van der Waals surface area (Å²) in [5, 5.41) is 18.0. The van der Waals surface area contributed by atoms with E-state index in [9.17, 15) is 9.59 Å². The largest absolute Gasteiger partial charge is 0.481 e. The van der Waals surface area contributed by atoms with Crippen molar-refractivity contribution < 1.29 is 14.7 Å². The first-order valence-corrected chi connectivity index (χ1v) is 12.5. The third-order valence-electron chi connectivity index (χ3n) is 6.82. The molecule has 4 aromatic rings. The predicted octanol–water partition coefficient (Wildman–Crippen LogP) is 5.56.